The molecule has 1 unspecified atom stereocenters. The third kappa shape index (κ3) is 5.04. The van der Waals surface area contributed by atoms with Crippen LogP contribution in [0.1, 0.15) is 11.6 Å². The lowest BCUT2D eigenvalue weighted by molar-refractivity contribution is 0.211. The van der Waals surface area contributed by atoms with Gasteiger partial charge in [0.25, 0.3) is 0 Å². The highest BCUT2D eigenvalue weighted by molar-refractivity contribution is 6.30. The van der Waals surface area contributed by atoms with Gasteiger partial charge in [0.2, 0.25) is 0 Å². The molecular formula is C20H22ClN5O3. The van der Waals surface area contributed by atoms with E-state index >= 15 is 0 Å². The van der Waals surface area contributed by atoms with Crippen LogP contribution in [0.4, 0.5) is 10.6 Å². The highest BCUT2D eigenvalue weighted by Crippen LogP contribution is 2.34. The Hall–Kier alpha value is -3.10. The third-order valence-corrected chi connectivity index (χ3v) is 4.51. The molecule has 0 aliphatic rings. The number of carbonyl (C=O) groups excluding carboxylic acids is 1. The first kappa shape index (κ1) is 20.6. The normalized spacial score (nSPS) is 12.0. The van der Waals surface area contributed by atoms with E-state index < -0.39 is 6.09 Å². The molecule has 0 aliphatic heterocycles. The Morgan fingerprint density at radius 2 is 1.97 bits per heavy atom. The summed E-state index contributed by atoms with van der Waals surface area (Å²) < 4.78 is 10.4. The molecule has 29 heavy (non-hydrogen) atoms. The second-order valence-electron chi connectivity index (χ2n) is 6.68. The van der Waals surface area contributed by atoms with Crippen molar-refractivity contribution in [1.82, 2.24) is 14.9 Å². The van der Waals surface area contributed by atoms with E-state index in [4.69, 9.17) is 26.8 Å². The summed E-state index contributed by atoms with van der Waals surface area (Å²) >= 11 is 6.04. The molecule has 9 heteroatoms. The lowest BCUT2D eigenvalue weighted by atomic mass is 10.1. The van der Waals surface area contributed by atoms with Gasteiger partial charge in [0.15, 0.2) is 5.75 Å². The van der Waals surface area contributed by atoms with Crippen LogP contribution in [0, 0.1) is 0 Å². The molecule has 8 nitrogen and oxygen atoms in total. The molecule has 3 rings (SSSR count). The van der Waals surface area contributed by atoms with Gasteiger partial charge >= 0.3 is 6.09 Å². The van der Waals surface area contributed by atoms with E-state index in [1.165, 1.54) is 13.4 Å². The fourth-order valence-corrected chi connectivity index (χ4v) is 3.11. The summed E-state index contributed by atoms with van der Waals surface area (Å²) in [7, 11) is 5.50. The van der Waals surface area contributed by atoms with Crippen LogP contribution in [-0.2, 0) is 0 Å². The van der Waals surface area contributed by atoms with Crippen molar-refractivity contribution in [2.24, 2.45) is 5.73 Å². The third-order valence-electron chi connectivity index (χ3n) is 4.25. The maximum atomic E-state index is 11.3. The number of rotatable bonds is 7. The van der Waals surface area contributed by atoms with Crippen LogP contribution < -0.4 is 20.5 Å². The van der Waals surface area contributed by atoms with Crippen LogP contribution in [-0.4, -0.2) is 48.7 Å². The van der Waals surface area contributed by atoms with Crippen LogP contribution in [0.2, 0.25) is 5.02 Å². The number of hydrogen-bond donors (Lipinski definition) is 2. The molecule has 0 saturated heterocycles. The largest absolute Gasteiger partial charge is 0.497 e. The van der Waals surface area contributed by atoms with E-state index in [-0.39, 0.29) is 11.8 Å². The highest BCUT2D eigenvalue weighted by Gasteiger charge is 2.18. The monoisotopic (exact) mass is 415 g/mol. The van der Waals surface area contributed by atoms with Crippen LogP contribution in [0.3, 0.4) is 0 Å². The molecular weight excluding hydrogens is 394 g/mol. The molecule has 152 valence electrons. The predicted molar refractivity (Wildman–Crippen MR) is 113 cm³/mol. The Bertz CT molecular complexity index is 1010. The minimum absolute atomic E-state index is 0.0768. The number of ether oxygens (including phenoxy) is 2. The summed E-state index contributed by atoms with van der Waals surface area (Å²) in [6.07, 6.45) is 0.471. The van der Waals surface area contributed by atoms with Gasteiger partial charge in [-0.1, -0.05) is 23.7 Å². The maximum absolute atomic E-state index is 11.3. The molecule has 0 spiro atoms. The van der Waals surface area contributed by atoms with Gasteiger partial charge in [-0.05, 0) is 37.9 Å². The van der Waals surface area contributed by atoms with E-state index in [1.54, 1.807) is 12.1 Å². The summed E-state index contributed by atoms with van der Waals surface area (Å²) in [5.41, 5.74) is 6.69. The van der Waals surface area contributed by atoms with Gasteiger partial charge in [0.1, 0.15) is 23.4 Å². The molecule has 1 amide bonds. The summed E-state index contributed by atoms with van der Waals surface area (Å²) in [5.74, 6) is 1.26. The molecule has 1 atom stereocenters. The summed E-state index contributed by atoms with van der Waals surface area (Å²) in [6, 6.07) is 10.9. The standard InChI is InChI=1S/C20H22ClN5O3/c1-26(2)10-16(12-4-6-13(21)7-5-12)25-19-15-8-14(28-3)9-17(29-20(22)27)18(15)23-11-24-19/h4-9,11,16H,10H2,1-3H3,(H2,22,27)(H,23,24,25). The lowest BCUT2D eigenvalue weighted by Gasteiger charge is -2.24. The van der Waals surface area contributed by atoms with E-state index in [0.29, 0.717) is 34.0 Å². The van der Waals surface area contributed by atoms with Crippen molar-refractivity contribution in [1.29, 1.82) is 0 Å². The Morgan fingerprint density at radius 1 is 1.24 bits per heavy atom. The molecule has 3 N–H and O–H groups in total. The fraction of sp³-hybridized carbons (Fsp3) is 0.250. The minimum atomic E-state index is -0.931. The number of halogens is 1. The molecule has 3 aromatic rings. The topological polar surface area (TPSA) is 103 Å². The zero-order valence-corrected chi connectivity index (χ0v) is 17.1. The van der Waals surface area contributed by atoms with Crippen LogP contribution in [0.5, 0.6) is 11.5 Å². The first-order chi connectivity index (χ1) is 13.9. The Balaban J connectivity index is 2.06. The molecule has 1 aromatic heterocycles. The number of benzene rings is 2. The molecule has 2 aromatic carbocycles. The summed E-state index contributed by atoms with van der Waals surface area (Å²) in [5, 5.41) is 4.77. The second kappa shape index (κ2) is 8.93. The molecule has 0 radical (unpaired) electrons. The average Bonchev–Trinajstić information content (AvgIpc) is 2.67. The fourth-order valence-electron chi connectivity index (χ4n) is 2.99. The quantitative estimate of drug-likeness (QED) is 0.609. The van der Waals surface area contributed by atoms with Gasteiger partial charge in [-0.15, -0.1) is 0 Å². The smallest absolute Gasteiger partial charge is 0.410 e. The number of nitrogens with one attached hydrogen (secondary N) is 1. The van der Waals surface area contributed by atoms with Crippen LogP contribution in [0.25, 0.3) is 10.9 Å². The van der Waals surface area contributed by atoms with Gasteiger partial charge in [0.05, 0.1) is 18.5 Å². The van der Waals surface area contributed by atoms with Gasteiger partial charge < -0.3 is 25.4 Å². The van der Waals surface area contributed by atoms with Gasteiger partial charge in [-0.2, -0.15) is 0 Å². The predicted octanol–water partition coefficient (Wildman–Crippen LogP) is 3.46. The zero-order valence-electron chi connectivity index (χ0n) is 16.3. The SMILES string of the molecule is COc1cc(OC(N)=O)c2ncnc(NC(CN(C)C)c3ccc(Cl)cc3)c2c1. The maximum Gasteiger partial charge on any atom is 0.410 e. The Kier molecular flexibility index (Phi) is 6.36. The zero-order chi connectivity index (χ0) is 21.0. The van der Waals surface area contributed by atoms with Crippen molar-refractivity contribution >= 4 is 34.4 Å². The van der Waals surface area contributed by atoms with E-state index in [2.05, 4.69) is 20.2 Å². The number of hydrogen-bond acceptors (Lipinski definition) is 7. The Morgan fingerprint density at radius 3 is 2.59 bits per heavy atom. The number of aromatic nitrogens is 2. The number of nitrogens with zero attached hydrogens (tertiary/aromatic N) is 3. The number of nitrogens with two attached hydrogens (primary N) is 1. The van der Waals surface area contributed by atoms with Gasteiger partial charge in [-0.3, -0.25) is 0 Å². The van der Waals surface area contributed by atoms with Crippen molar-refractivity contribution in [2.45, 2.75) is 6.04 Å². The van der Waals surface area contributed by atoms with Crippen molar-refractivity contribution in [2.75, 3.05) is 33.1 Å². The lowest BCUT2D eigenvalue weighted by Crippen LogP contribution is -2.26. The number of anilines is 1. The molecule has 0 bridgehead atoms. The summed E-state index contributed by atoms with van der Waals surface area (Å²) in [6.45, 7) is 0.710. The number of fused-ring (bicyclic) bond motifs is 1. The number of methoxy groups -OCH3 is 1. The average molecular weight is 416 g/mol. The number of carbonyl (C=O) groups is 1. The van der Waals surface area contributed by atoms with Crippen molar-refractivity contribution in [3.63, 3.8) is 0 Å². The van der Waals surface area contributed by atoms with E-state index in [0.717, 1.165) is 5.56 Å². The van der Waals surface area contributed by atoms with Gasteiger partial charge in [-0.25, -0.2) is 14.8 Å². The van der Waals surface area contributed by atoms with E-state index in [9.17, 15) is 4.79 Å². The number of amides is 1. The number of likely N-dealkylation sites (N-methyl/N-ethyl adjacent to an activating group) is 1. The van der Waals surface area contributed by atoms with Crippen LogP contribution in [0.15, 0.2) is 42.7 Å². The molecule has 1 heterocycles. The highest BCUT2D eigenvalue weighted by atomic mass is 35.5. The van der Waals surface area contributed by atoms with Crippen molar-refractivity contribution in [3.05, 3.63) is 53.3 Å². The Labute approximate surface area is 173 Å². The summed E-state index contributed by atoms with van der Waals surface area (Å²) in [4.78, 5) is 22.0. The first-order valence-corrected chi connectivity index (χ1v) is 9.22. The molecule has 0 fully saturated rings. The molecule has 0 aliphatic carbocycles. The van der Waals surface area contributed by atoms with E-state index in [1.807, 2.05) is 38.4 Å². The number of primary amides is 1. The van der Waals surface area contributed by atoms with Crippen LogP contribution >= 0.6 is 11.6 Å². The van der Waals surface area contributed by atoms with Crippen molar-refractivity contribution < 1.29 is 14.3 Å². The molecule has 0 saturated carbocycles. The van der Waals surface area contributed by atoms with Gasteiger partial charge in [0, 0.05) is 17.6 Å². The second-order valence-corrected chi connectivity index (χ2v) is 7.11. The minimum Gasteiger partial charge on any atom is -0.497 e. The first-order valence-electron chi connectivity index (χ1n) is 8.84. The van der Waals surface area contributed by atoms with Crippen molar-refractivity contribution in [3.8, 4) is 11.5 Å².